The summed E-state index contributed by atoms with van der Waals surface area (Å²) in [6, 6.07) is 5.22. The van der Waals surface area contributed by atoms with Crippen LogP contribution in [0.1, 0.15) is 10.5 Å². The van der Waals surface area contributed by atoms with Gasteiger partial charge in [0.05, 0.1) is 19.7 Å². The summed E-state index contributed by atoms with van der Waals surface area (Å²) in [7, 11) is 4.52. The lowest BCUT2D eigenvalue weighted by Crippen LogP contribution is -2.07. The van der Waals surface area contributed by atoms with Crippen molar-refractivity contribution in [2.24, 2.45) is 7.05 Å². The Morgan fingerprint density at radius 3 is 2.65 bits per heavy atom. The summed E-state index contributed by atoms with van der Waals surface area (Å²) in [4.78, 5) is 11.5. The Hall–Kier alpha value is -2.17. The molecule has 0 bridgehead atoms. The Kier molecular flexibility index (Phi) is 2.67. The molecule has 0 spiro atoms. The summed E-state index contributed by atoms with van der Waals surface area (Å²) in [5, 5.41) is 10.6. The van der Waals surface area contributed by atoms with Crippen molar-refractivity contribution in [3.05, 3.63) is 23.9 Å². The van der Waals surface area contributed by atoms with E-state index in [1.54, 1.807) is 36.9 Å². The van der Waals surface area contributed by atoms with Gasteiger partial charge in [0, 0.05) is 12.4 Å². The first-order valence-corrected chi connectivity index (χ1v) is 5.03. The molecule has 0 unspecified atom stereocenters. The Morgan fingerprint density at radius 1 is 1.35 bits per heavy atom. The number of carbonyl (C=O) groups is 1. The lowest BCUT2D eigenvalue weighted by atomic mass is 10.2. The molecule has 0 saturated carbocycles. The number of ether oxygens (including phenoxy) is 2. The number of aryl methyl sites for hydroxylation is 1. The van der Waals surface area contributed by atoms with Crippen molar-refractivity contribution >= 4 is 16.9 Å². The average Bonchev–Trinajstić information content (AvgIpc) is 2.60. The number of aromatic hydroxyl groups is 1. The van der Waals surface area contributed by atoms with Crippen molar-refractivity contribution in [1.82, 2.24) is 4.57 Å². The summed E-state index contributed by atoms with van der Waals surface area (Å²) in [5.74, 6) is -0.0387. The monoisotopic (exact) mass is 235 g/mol. The number of nitrogens with zero attached hydrogens (tertiary/aromatic N) is 1. The van der Waals surface area contributed by atoms with E-state index in [-0.39, 0.29) is 11.4 Å². The molecule has 5 nitrogen and oxygen atoms in total. The predicted octanol–water partition coefficient (Wildman–Crippen LogP) is 1.68. The fourth-order valence-corrected chi connectivity index (χ4v) is 1.86. The number of hydrogen-bond donors (Lipinski definition) is 1. The number of esters is 1. The lowest BCUT2D eigenvalue weighted by Gasteiger charge is -2.02. The van der Waals surface area contributed by atoms with E-state index in [9.17, 15) is 9.90 Å². The molecule has 2 aromatic rings. The van der Waals surface area contributed by atoms with Gasteiger partial charge in [-0.1, -0.05) is 0 Å². The summed E-state index contributed by atoms with van der Waals surface area (Å²) in [6.45, 7) is 0. The molecule has 0 aliphatic carbocycles. The fraction of sp³-hybridized carbons (Fsp3) is 0.250. The van der Waals surface area contributed by atoms with E-state index < -0.39 is 5.97 Å². The van der Waals surface area contributed by atoms with Crippen LogP contribution in [0.3, 0.4) is 0 Å². The molecule has 17 heavy (non-hydrogen) atoms. The maximum absolute atomic E-state index is 11.5. The van der Waals surface area contributed by atoms with Gasteiger partial charge in [-0.25, -0.2) is 4.79 Å². The third kappa shape index (κ3) is 1.60. The minimum Gasteiger partial charge on any atom is -0.505 e. The zero-order chi connectivity index (χ0) is 12.6. The minimum absolute atomic E-state index is 0.0896. The number of carbonyl (C=O) groups excluding carboxylic acids is 1. The topological polar surface area (TPSA) is 60.7 Å². The molecule has 0 amide bonds. The van der Waals surface area contributed by atoms with Crippen LogP contribution in [0.25, 0.3) is 10.9 Å². The molecule has 1 aromatic carbocycles. The molecule has 1 aromatic heterocycles. The van der Waals surface area contributed by atoms with Gasteiger partial charge in [-0.15, -0.1) is 0 Å². The SMILES string of the molecule is COC(=O)c1c(O)c2cc(OC)ccc2n1C. The Balaban J connectivity index is 2.75. The molecule has 90 valence electrons. The highest BCUT2D eigenvalue weighted by Crippen LogP contribution is 2.34. The van der Waals surface area contributed by atoms with Crippen LogP contribution in [0.5, 0.6) is 11.5 Å². The van der Waals surface area contributed by atoms with Gasteiger partial charge >= 0.3 is 5.97 Å². The van der Waals surface area contributed by atoms with Crippen LogP contribution in [-0.2, 0) is 11.8 Å². The maximum atomic E-state index is 11.5. The van der Waals surface area contributed by atoms with Gasteiger partial charge < -0.3 is 19.1 Å². The molecule has 2 rings (SSSR count). The smallest absolute Gasteiger partial charge is 0.358 e. The third-order valence-electron chi connectivity index (χ3n) is 2.76. The quantitative estimate of drug-likeness (QED) is 0.804. The summed E-state index contributed by atoms with van der Waals surface area (Å²) in [5.41, 5.74) is 0.874. The van der Waals surface area contributed by atoms with Crippen molar-refractivity contribution in [3.8, 4) is 11.5 Å². The van der Waals surface area contributed by atoms with E-state index >= 15 is 0 Å². The van der Waals surface area contributed by atoms with E-state index in [2.05, 4.69) is 4.74 Å². The second-order valence-electron chi connectivity index (χ2n) is 3.63. The first-order chi connectivity index (χ1) is 8.10. The van der Waals surface area contributed by atoms with E-state index in [4.69, 9.17) is 4.74 Å². The van der Waals surface area contributed by atoms with Crippen LogP contribution < -0.4 is 4.74 Å². The fourth-order valence-electron chi connectivity index (χ4n) is 1.86. The van der Waals surface area contributed by atoms with Gasteiger partial charge in [-0.2, -0.15) is 0 Å². The van der Waals surface area contributed by atoms with Crippen molar-refractivity contribution < 1.29 is 19.4 Å². The van der Waals surface area contributed by atoms with E-state index in [0.717, 1.165) is 5.52 Å². The average molecular weight is 235 g/mol. The second kappa shape index (κ2) is 4.01. The second-order valence-corrected chi connectivity index (χ2v) is 3.63. The molecular weight excluding hydrogens is 222 g/mol. The molecule has 1 heterocycles. The lowest BCUT2D eigenvalue weighted by molar-refractivity contribution is 0.0587. The Bertz CT molecular complexity index is 586. The molecule has 0 fully saturated rings. The van der Waals surface area contributed by atoms with Gasteiger partial charge in [-0.05, 0) is 18.2 Å². The van der Waals surface area contributed by atoms with Crippen LogP contribution in [0.2, 0.25) is 0 Å². The highest BCUT2D eigenvalue weighted by molar-refractivity contribution is 6.01. The van der Waals surface area contributed by atoms with Crippen LogP contribution in [0, 0.1) is 0 Å². The minimum atomic E-state index is -0.569. The van der Waals surface area contributed by atoms with Crippen molar-refractivity contribution in [1.29, 1.82) is 0 Å². The summed E-state index contributed by atoms with van der Waals surface area (Å²) in [6.07, 6.45) is 0. The molecule has 0 saturated heterocycles. The Morgan fingerprint density at radius 2 is 2.06 bits per heavy atom. The van der Waals surface area contributed by atoms with Gasteiger partial charge in [0.1, 0.15) is 5.75 Å². The number of methoxy groups -OCH3 is 2. The summed E-state index contributed by atoms with van der Waals surface area (Å²) >= 11 is 0. The van der Waals surface area contributed by atoms with Gasteiger partial charge in [0.25, 0.3) is 0 Å². The molecule has 0 aliphatic rings. The van der Waals surface area contributed by atoms with Crippen LogP contribution >= 0.6 is 0 Å². The van der Waals surface area contributed by atoms with Crippen molar-refractivity contribution in [2.45, 2.75) is 0 Å². The molecule has 0 radical (unpaired) electrons. The normalized spacial score (nSPS) is 10.5. The molecule has 5 heteroatoms. The zero-order valence-corrected chi connectivity index (χ0v) is 9.85. The van der Waals surface area contributed by atoms with Crippen molar-refractivity contribution in [3.63, 3.8) is 0 Å². The van der Waals surface area contributed by atoms with E-state index in [0.29, 0.717) is 11.1 Å². The molecular formula is C12H13NO4. The predicted molar refractivity (Wildman–Crippen MR) is 62.5 cm³/mol. The number of aromatic nitrogens is 1. The third-order valence-corrected chi connectivity index (χ3v) is 2.76. The highest BCUT2D eigenvalue weighted by Gasteiger charge is 2.21. The van der Waals surface area contributed by atoms with Crippen molar-refractivity contribution in [2.75, 3.05) is 14.2 Å². The molecule has 0 atom stereocenters. The molecule has 1 N–H and O–H groups in total. The van der Waals surface area contributed by atoms with Gasteiger partial charge in [0.2, 0.25) is 0 Å². The molecule has 0 aliphatic heterocycles. The van der Waals surface area contributed by atoms with E-state index in [1.807, 2.05) is 0 Å². The van der Waals surface area contributed by atoms with Gasteiger partial charge in [-0.3, -0.25) is 0 Å². The van der Waals surface area contributed by atoms with Crippen LogP contribution in [-0.4, -0.2) is 29.9 Å². The van der Waals surface area contributed by atoms with Crippen LogP contribution in [0.4, 0.5) is 0 Å². The number of benzene rings is 1. The standard InChI is InChI=1S/C12H13NO4/c1-13-9-5-4-7(16-2)6-8(9)11(14)10(13)12(15)17-3/h4-6,14H,1-3H3. The van der Waals surface area contributed by atoms with Crippen LogP contribution in [0.15, 0.2) is 18.2 Å². The zero-order valence-electron chi connectivity index (χ0n) is 9.85. The first-order valence-electron chi connectivity index (χ1n) is 5.03. The summed E-state index contributed by atoms with van der Waals surface area (Å²) < 4.78 is 11.3. The highest BCUT2D eigenvalue weighted by atomic mass is 16.5. The maximum Gasteiger partial charge on any atom is 0.358 e. The number of rotatable bonds is 2. The number of hydrogen-bond acceptors (Lipinski definition) is 4. The number of fused-ring (bicyclic) bond motifs is 1. The Labute approximate surface area is 98.2 Å². The largest absolute Gasteiger partial charge is 0.505 e. The van der Waals surface area contributed by atoms with Gasteiger partial charge in [0.15, 0.2) is 11.4 Å². The first kappa shape index (κ1) is 11.3. The van der Waals surface area contributed by atoms with E-state index in [1.165, 1.54) is 7.11 Å².